The van der Waals surface area contributed by atoms with Gasteiger partial charge in [-0.15, -0.1) is 0 Å². The summed E-state index contributed by atoms with van der Waals surface area (Å²) in [4.78, 5) is 0. The summed E-state index contributed by atoms with van der Waals surface area (Å²) in [6.07, 6.45) is 1.00. The zero-order chi connectivity index (χ0) is 11.4. The molecule has 0 aliphatic heterocycles. The van der Waals surface area contributed by atoms with Gasteiger partial charge < -0.3 is 0 Å². The minimum atomic E-state index is -1.65. The Hall–Kier alpha value is -1.07. The first kappa shape index (κ1) is 11.4. The van der Waals surface area contributed by atoms with Crippen LogP contribution >= 0.6 is 7.14 Å². The van der Waals surface area contributed by atoms with Crippen LogP contribution in [0.25, 0.3) is 0 Å². The second kappa shape index (κ2) is 4.85. The molecule has 2 aromatic carbocycles. The van der Waals surface area contributed by atoms with Crippen molar-refractivity contribution < 1.29 is 0 Å². The Balaban J connectivity index is 2.49. The second-order valence-corrected chi connectivity index (χ2v) is 7.26. The van der Waals surface area contributed by atoms with Crippen LogP contribution in [0, 0.1) is 0 Å². The molecule has 16 heavy (non-hydrogen) atoms. The molecule has 0 bridgehead atoms. The number of hydrogen-bond donors (Lipinski definition) is 0. The maximum atomic E-state index is 6.65. The summed E-state index contributed by atoms with van der Waals surface area (Å²) in [7, 11) is 5.00. The van der Waals surface area contributed by atoms with E-state index in [9.17, 15) is 0 Å². The number of benzene rings is 2. The average Bonchev–Trinajstić information content (AvgIpc) is 2.40. The molecule has 0 aromatic heterocycles. The summed E-state index contributed by atoms with van der Waals surface area (Å²) >= 11 is 0. The van der Waals surface area contributed by atoms with E-state index in [4.69, 9.17) is 7.57 Å². The van der Waals surface area contributed by atoms with Gasteiger partial charge in [0.25, 0.3) is 0 Å². The monoisotopic (exact) mass is 225 g/mol. The molecule has 0 amide bonds. The Morgan fingerprint density at radius 1 is 0.812 bits per heavy atom. The fourth-order valence-corrected chi connectivity index (χ4v) is 4.34. The Kier molecular flexibility index (Phi) is 3.46. The highest BCUT2D eigenvalue weighted by Crippen LogP contribution is 2.50. The molecule has 0 atom stereocenters. The first-order valence-corrected chi connectivity index (χ1v) is 7.59. The van der Waals surface area contributed by atoms with Gasteiger partial charge in [-0.25, -0.2) is 0 Å². The van der Waals surface area contributed by atoms with Crippen molar-refractivity contribution in [3.05, 3.63) is 60.7 Å². The van der Waals surface area contributed by atoms with Crippen molar-refractivity contribution in [1.82, 2.24) is 0 Å². The maximum Gasteiger partial charge on any atom is 0.377 e. The first-order valence-electron chi connectivity index (χ1n) is 5.55. The van der Waals surface area contributed by atoms with E-state index < -0.39 is 7.14 Å². The van der Waals surface area contributed by atoms with Crippen LogP contribution in [0.1, 0.15) is 6.92 Å². The zero-order valence-electron chi connectivity index (χ0n) is 9.51. The summed E-state index contributed by atoms with van der Waals surface area (Å²) in [5.74, 6) is 0. The lowest BCUT2D eigenvalue weighted by Gasteiger charge is -2.21. The van der Waals surface area contributed by atoms with Gasteiger partial charge in [0.05, 0.1) is 16.8 Å². The van der Waals surface area contributed by atoms with Crippen LogP contribution in [0.2, 0.25) is 0 Å². The van der Waals surface area contributed by atoms with E-state index in [1.54, 1.807) is 0 Å². The molecule has 2 radical (unpaired) electrons. The molecule has 0 saturated carbocycles. The molecular formula is C14H15BP+. The minimum Gasteiger partial charge on any atom is -0.0620 e. The predicted molar refractivity (Wildman–Crippen MR) is 75.4 cm³/mol. The molecule has 0 saturated heterocycles. The Labute approximate surface area is 99.4 Å². The van der Waals surface area contributed by atoms with Crippen molar-refractivity contribution in [3.8, 4) is 0 Å². The van der Waals surface area contributed by atoms with Crippen molar-refractivity contribution in [1.29, 1.82) is 0 Å². The maximum absolute atomic E-state index is 6.65. The molecule has 2 rings (SSSR count). The van der Waals surface area contributed by atoms with E-state index in [1.165, 1.54) is 10.6 Å². The van der Waals surface area contributed by atoms with Gasteiger partial charge >= 0.3 is 7.57 Å². The third-order valence-corrected chi connectivity index (χ3v) is 6.37. The van der Waals surface area contributed by atoms with Gasteiger partial charge in [0.15, 0.2) is 0 Å². The highest BCUT2D eigenvalue weighted by Gasteiger charge is 2.34. The van der Waals surface area contributed by atoms with E-state index in [2.05, 4.69) is 55.5 Å². The van der Waals surface area contributed by atoms with Crippen LogP contribution in [0.3, 0.4) is 0 Å². The van der Waals surface area contributed by atoms with Crippen LogP contribution in [-0.2, 0) is 0 Å². The van der Waals surface area contributed by atoms with Crippen molar-refractivity contribution in [2.45, 2.75) is 6.92 Å². The Morgan fingerprint density at radius 3 is 1.50 bits per heavy atom. The molecule has 2 aromatic rings. The minimum absolute atomic E-state index is 1.00. The lowest BCUT2D eigenvalue weighted by Crippen LogP contribution is -2.23. The molecule has 0 heterocycles. The van der Waals surface area contributed by atoms with Crippen LogP contribution < -0.4 is 10.6 Å². The third kappa shape index (κ3) is 2.06. The molecule has 2 heteroatoms. The van der Waals surface area contributed by atoms with Gasteiger partial charge in [0.2, 0.25) is 0 Å². The van der Waals surface area contributed by atoms with Crippen molar-refractivity contribution >= 4 is 25.3 Å². The Morgan fingerprint density at radius 2 is 1.19 bits per heavy atom. The van der Waals surface area contributed by atoms with Crippen molar-refractivity contribution in [3.63, 3.8) is 0 Å². The molecule has 0 aliphatic carbocycles. The van der Waals surface area contributed by atoms with E-state index in [0.717, 1.165) is 6.16 Å². The lowest BCUT2D eigenvalue weighted by molar-refractivity contribution is 1.50. The molecule has 78 valence electrons. The summed E-state index contributed by atoms with van der Waals surface area (Å²) in [6.45, 7) is 2.17. The summed E-state index contributed by atoms with van der Waals surface area (Å²) < 4.78 is 0. The number of rotatable bonds is 3. The van der Waals surface area contributed by atoms with Crippen LogP contribution in [0.5, 0.6) is 0 Å². The van der Waals surface area contributed by atoms with Crippen molar-refractivity contribution in [2.24, 2.45) is 0 Å². The van der Waals surface area contributed by atoms with Crippen LogP contribution in [0.15, 0.2) is 60.7 Å². The molecule has 0 spiro atoms. The number of hydrogen-bond acceptors (Lipinski definition) is 0. The van der Waals surface area contributed by atoms with Gasteiger partial charge in [-0.2, -0.15) is 0 Å². The largest absolute Gasteiger partial charge is 0.377 e. The summed E-state index contributed by atoms with van der Waals surface area (Å²) in [5.41, 5.74) is 0. The molecule has 0 N–H and O–H groups in total. The first-order chi connectivity index (χ1) is 7.77. The van der Waals surface area contributed by atoms with E-state index in [-0.39, 0.29) is 0 Å². The highest BCUT2D eigenvalue weighted by atomic mass is 31.2. The zero-order valence-corrected chi connectivity index (χ0v) is 10.4. The predicted octanol–water partition coefficient (Wildman–Crippen LogP) is 2.76. The van der Waals surface area contributed by atoms with E-state index in [0.29, 0.717) is 0 Å². The molecule has 0 nitrogen and oxygen atoms in total. The van der Waals surface area contributed by atoms with Gasteiger partial charge in [-0.3, -0.25) is 0 Å². The standard InChI is InChI=1S/C14H15BP/c1-2-16(15,13-9-5-3-6-10-13)14-11-7-4-8-12-14/h3-12H,2H2,1H3/q+1. The third-order valence-electron chi connectivity index (χ3n) is 2.93. The van der Waals surface area contributed by atoms with Crippen LogP contribution in [-0.4, -0.2) is 13.7 Å². The summed E-state index contributed by atoms with van der Waals surface area (Å²) in [5, 5.41) is 2.56. The second-order valence-electron chi connectivity index (χ2n) is 3.86. The Bertz CT molecular complexity index is 399. The molecule has 0 aliphatic rings. The van der Waals surface area contributed by atoms with E-state index in [1.807, 2.05) is 12.1 Å². The van der Waals surface area contributed by atoms with Crippen LogP contribution in [0.4, 0.5) is 0 Å². The molecular weight excluding hydrogens is 210 g/mol. The molecule has 0 fully saturated rings. The van der Waals surface area contributed by atoms with Crippen molar-refractivity contribution in [2.75, 3.05) is 6.16 Å². The fourth-order valence-electron chi connectivity index (χ4n) is 1.90. The quantitative estimate of drug-likeness (QED) is 0.556. The molecule has 0 unspecified atom stereocenters. The lowest BCUT2D eigenvalue weighted by atomic mass is 10.4. The van der Waals surface area contributed by atoms with Gasteiger partial charge in [0, 0.05) is 7.14 Å². The van der Waals surface area contributed by atoms with Gasteiger partial charge in [-0.05, 0) is 31.2 Å². The SMILES string of the molecule is [B][P+](CC)(c1ccccc1)c1ccccc1. The van der Waals surface area contributed by atoms with E-state index >= 15 is 0 Å². The summed E-state index contributed by atoms with van der Waals surface area (Å²) in [6, 6.07) is 20.9. The highest BCUT2D eigenvalue weighted by molar-refractivity contribution is 8.08. The van der Waals surface area contributed by atoms with Gasteiger partial charge in [-0.1, -0.05) is 36.4 Å². The normalized spacial score (nSPS) is 11.3. The fraction of sp³-hybridized carbons (Fsp3) is 0.143. The van der Waals surface area contributed by atoms with Gasteiger partial charge in [0.1, 0.15) is 0 Å². The average molecular weight is 225 g/mol. The smallest absolute Gasteiger partial charge is 0.0620 e. The topological polar surface area (TPSA) is 0 Å².